The number of hydrogen-bond donors (Lipinski definition) is 1. The fourth-order valence-electron chi connectivity index (χ4n) is 2.84. The lowest BCUT2D eigenvalue weighted by molar-refractivity contribution is 0.0656. The number of carbonyl (C=O) groups is 1. The van der Waals surface area contributed by atoms with Crippen LogP contribution in [0.15, 0.2) is 18.2 Å². The summed E-state index contributed by atoms with van der Waals surface area (Å²) in [6.45, 7) is 8.53. The molecule has 21 heavy (non-hydrogen) atoms. The molecular weight excluding hydrogens is 267 g/mol. The molecule has 4 heteroatoms. The van der Waals surface area contributed by atoms with E-state index >= 15 is 0 Å². The van der Waals surface area contributed by atoms with Gasteiger partial charge in [-0.25, -0.2) is 4.39 Å². The number of amides is 1. The Hall–Kier alpha value is -1.42. The minimum Gasteiger partial charge on any atom is -0.336 e. The largest absolute Gasteiger partial charge is 0.336 e. The van der Waals surface area contributed by atoms with Crippen LogP contribution < -0.4 is 5.32 Å². The van der Waals surface area contributed by atoms with E-state index in [9.17, 15) is 9.18 Å². The summed E-state index contributed by atoms with van der Waals surface area (Å²) >= 11 is 0. The van der Waals surface area contributed by atoms with Gasteiger partial charge in [-0.1, -0.05) is 11.6 Å². The maximum absolute atomic E-state index is 14.0. The van der Waals surface area contributed by atoms with Crippen LogP contribution in [0, 0.1) is 18.7 Å². The fourth-order valence-corrected chi connectivity index (χ4v) is 2.84. The maximum atomic E-state index is 14.0. The van der Waals surface area contributed by atoms with Gasteiger partial charge in [0, 0.05) is 12.6 Å². The van der Waals surface area contributed by atoms with E-state index in [1.165, 1.54) is 6.07 Å². The zero-order valence-corrected chi connectivity index (χ0v) is 13.2. The van der Waals surface area contributed by atoms with E-state index < -0.39 is 5.82 Å². The van der Waals surface area contributed by atoms with E-state index in [1.807, 2.05) is 20.8 Å². The SMILES string of the molecule is Cc1ccc(F)c(C(=O)N(CC2CCCNC2)C(C)C)c1. The molecule has 0 radical (unpaired) electrons. The molecule has 1 aliphatic heterocycles. The summed E-state index contributed by atoms with van der Waals surface area (Å²) in [7, 11) is 0. The molecule has 1 heterocycles. The molecular formula is C17H25FN2O. The van der Waals surface area contributed by atoms with Crippen LogP contribution in [0.2, 0.25) is 0 Å². The molecule has 1 saturated heterocycles. The van der Waals surface area contributed by atoms with Crippen LogP contribution >= 0.6 is 0 Å². The Morgan fingerprint density at radius 1 is 1.48 bits per heavy atom. The zero-order chi connectivity index (χ0) is 15.4. The summed E-state index contributed by atoms with van der Waals surface area (Å²) in [6, 6.07) is 4.78. The minimum atomic E-state index is -0.432. The lowest BCUT2D eigenvalue weighted by Gasteiger charge is -2.33. The Morgan fingerprint density at radius 2 is 2.24 bits per heavy atom. The standard InChI is InChI=1S/C17H25FN2O/c1-12(2)20(11-14-5-4-8-19-10-14)17(21)15-9-13(3)6-7-16(15)18/h6-7,9,12,14,19H,4-5,8,10-11H2,1-3H3. The van der Waals surface area contributed by atoms with Crippen molar-refractivity contribution < 1.29 is 9.18 Å². The van der Waals surface area contributed by atoms with Crippen molar-refractivity contribution in [2.45, 2.75) is 39.7 Å². The first-order valence-electron chi connectivity index (χ1n) is 7.77. The van der Waals surface area contributed by atoms with Crippen molar-refractivity contribution in [1.82, 2.24) is 10.2 Å². The van der Waals surface area contributed by atoms with E-state index in [2.05, 4.69) is 5.32 Å². The van der Waals surface area contributed by atoms with Gasteiger partial charge in [-0.3, -0.25) is 4.79 Å². The van der Waals surface area contributed by atoms with Crippen molar-refractivity contribution in [3.8, 4) is 0 Å². The predicted molar refractivity (Wildman–Crippen MR) is 82.9 cm³/mol. The Kier molecular flexibility index (Phi) is 5.34. The number of nitrogens with one attached hydrogen (secondary N) is 1. The molecule has 1 aromatic carbocycles. The second kappa shape index (κ2) is 7.03. The van der Waals surface area contributed by atoms with Crippen molar-refractivity contribution in [2.75, 3.05) is 19.6 Å². The average molecular weight is 292 g/mol. The molecule has 2 rings (SSSR count). The smallest absolute Gasteiger partial charge is 0.257 e. The second-order valence-corrected chi connectivity index (χ2v) is 6.25. The third kappa shape index (κ3) is 4.03. The summed E-state index contributed by atoms with van der Waals surface area (Å²) < 4.78 is 14.0. The maximum Gasteiger partial charge on any atom is 0.257 e. The van der Waals surface area contributed by atoms with E-state index in [-0.39, 0.29) is 17.5 Å². The lowest BCUT2D eigenvalue weighted by atomic mass is 9.98. The van der Waals surface area contributed by atoms with E-state index in [0.29, 0.717) is 12.5 Å². The summed E-state index contributed by atoms with van der Waals surface area (Å²) in [5.74, 6) is -0.173. The third-order valence-electron chi connectivity index (χ3n) is 4.09. The molecule has 3 nitrogen and oxygen atoms in total. The van der Waals surface area contributed by atoms with Crippen molar-refractivity contribution in [3.05, 3.63) is 35.1 Å². The Morgan fingerprint density at radius 3 is 2.86 bits per heavy atom. The number of rotatable bonds is 4. The first-order valence-corrected chi connectivity index (χ1v) is 7.77. The quantitative estimate of drug-likeness (QED) is 0.925. The first-order chi connectivity index (χ1) is 9.99. The van der Waals surface area contributed by atoms with Crippen LogP contribution in [0.25, 0.3) is 0 Å². The van der Waals surface area contributed by atoms with Crippen LogP contribution in [0.3, 0.4) is 0 Å². The van der Waals surface area contributed by atoms with Gasteiger partial charge in [0.2, 0.25) is 0 Å². The molecule has 1 unspecified atom stereocenters. The number of aryl methyl sites for hydroxylation is 1. The highest BCUT2D eigenvalue weighted by atomic mass is 19.1. The van der Waals surface area contributed by atoms with E-state index in [0.717, 1.165) is 31.5 Å². The molecule has 1 atom stereocenters. The molecule has 1 amide bonds. The molecule has 0 spiro atoms. The van der Waals surface area contributed by atoms with Gasteiger partial charge in [-0.15, -0.1) is 0 Å². The number of piperidine rings is 1. The van der Waals surface area contributed by atoms with Crippen molar-refractivity contribution in [2.24, 2.45) is 5.92 Å². The van der Waals surface area contributed by atoms with Gasteiger partial charge in [0.05, 0.1) is 5.56 Å². The van der Waals surface area contributed by atoms with Gasteiger partial charge < -0.3 is 10.2 Å². The average Bonchev–Trinajstić information content (AvgIpc) is 2.47. The minimum absolute atomic E-state index is 0.0688. The molecule has 0 saturated carbocycles. The van der Waals surface area contributed by atoms with Gasteiger partial charge in [-0.05, 0) is 64.8 Å². The van der Waals surface area contributed by atoms with Gasteiger partial charge in [0.15, 0.2) is 0 Å². The van der Waals surface area contributed by atoms with E-state index in [1.54, 1.807) is 17.0 Å². The van der Waals surface area contributed by atoms with Crippen LogP contribution in [0.1, 0.15) is 42.6 Å². The van der Waals surface area contributed by atoms with Crippen LogP contribution in [-0.4, -0.2) is 36.5 Å². The summed E-state index contributed by atoms with van der Waals surface area (Å²) in [4.78, 5) is 14.5. The lowest BCUT2D eigenvalue weighted by Crippen LogP contribution is -2.44. The van der Waals surface area contributed by atoms with Crippen LogP contribution in [0.5, 0.6) is 0 Å². The van der Waals surface area contributed by atoms with Gasteiger partial charge in [0.1, 0.15) is 5.82 Å². The Balaban J connectivity index is 2.16. The van der Waals surface area contributed by atoms with E-state index in [4.69, 9.17) is 0 Å². The normalized spacial score (nSPS) is 18.8. The highest BCUT2D eigenvalue weighted by molar-refractivity contribution is 5.94. The number of carbonyl (C=O) groups excluding carboxylic acids is 1. The number of hydrogen-bond acceptors (Lipinski definition) is 2. The molecule has 0 aromatic heterocycles. The molecule has 1 aromatic rings. The third-order valence-corrected chi connectivity index (χ3v) is 4.09. The Labute approximate surface area is 126 Å². The summed E-state index contributed by atoms with van der Waals surface area (Å²) in [5, 5.41) is 3.37. The predicted octanol–water partition coefficient (Wildman–Crippen LogP) is 2.98. The van der Waals surface area contributed by atoms with Crippen LogP contribution in [0.4, 0.5) is 4.39 Å². The van der Waals surface area contributed by atoms with Gasteiger partial charge >= 0.3 is 0 Å². The Bertz CT molecular complexity index is 496. The van der Waals surface area contributed by atoms with Crippen molar-refractivity contribution >= 4 is 5.91 Å². The molecule has 0 aliphatic carbocycles. The molecule has 1 N–H and O–H groups in total. The molecule has 116 valence electrons. The fraction of sp³-hybridized carbons (Fsp3) is 0.588. The molecule has 1 fully saturated rings. The molecule has 0 bridgehead atoms. The number of halogens is 1. The van der Waals surface area contributed by atoms with Crippen molar-refractivity contribution in [1.29, 1.82) is 0 Å². The highest BCUT2D eigenvalue weighted by Gasteiger charge is 2.25. The topological polar surface area (TPSA) is 32.3 Å². The summed E-state index contributed by atoms with van der Waals surface area (Å²) in [5.41, 5.74) is 1.09. The van der Waals surface area contributed by atoms with Gasteiger partial charge in [0.25, 0.3) is 5.91 Å². The number of benzene rings is 1. The monoisotopic (exact) mass is 292 g/mol. The second-order valence-electron chi connectivity index (χ2n) is 6.25. The number of nitrogens with zero attached hydrogens (tertiary/aromatic N) is 1. The molecule has 1 aliphatic rings. The first kappa shape index (κ1) is 16.0. The van der Waals surface area contributed by atoms with Crippen molar-refractivity contribution in [3.63, 3.8) is 0 Å². The van der Waals surface area contributed by atoms with Crippen LogP contribution in [-0.2, 0) is 0 Å². The zero-order valence-electron chi connectivity index (χ0n) is 13.2. The summed E-state index contributed by atoms with van der Waals surface area (Å²) in [6.07, 6.45) is 2.27. The highest BCUT2D eigenvalue weighted by Crippen LogP contribution is 2.18. The van der Waals surface area contributed by atoms with Gasteiger partial charge in [-0.2, -0.15) is 0 Å².